The molecule has 0 aliphatic carbocycles. The molecule has 0 amide bonds. The van der Waals surface area contributed by atoms with Crippen LogP contribution >= 0.6 is 0 Å². The van der Waals surface area contributed by atoms with Crippen LogP contribution in [0.25, 0.3) is 0 Å². The predicted octanol–water partition coefficient (Wildman–Crippen LogP) is 18.5. The number of aliphatic hydroxyl groups excluding tert-OH is 1. The summed E-state index contributed by atoms with van der Waals surface area (Å²) >= 11 is 0. The molecule has 0 aromatic carbocycles. The molecular weight excluding hydrogens is 765 g/mol. The van der Waals surface area contributed by atoms with Gasteiger partial charge >= 0.3 is 11.9 Å². The van der Waals surface area contributed by atoms with Gasteiger partial charge in [0.05, 0.1) is 6.61 Å². The average Bonchev–Trinajstić information content (AvgIpc) is 3.28. The van der Waals surface area contributed by atoms with Crippen LogP contribution in [0.2, 0.25) is 0 Å². The van der Waals surface area contributed by atoms with Gasteiger partial charge in [-0.2, -0.15) is 0 Å². The SMILES string of the molecule is CCCCCCCC/C=C\CCCCCCCC(=O)OCC(CO)OC(=O)CCCCCCCCCCCCCCCCCCCCCCC/C=C\CCCCCCCCCC. The molecule has 0 fully saturated rings. The zero-order valence-corrected chi connectivity index (χ0v) is 41.9. The zero-order valence-electron chi connectivity index (χ0n) is 41.9. The van der Waals surface area contributed by atoms with Crippen molar-refractivity contribution in [3.8, 4) is 0 Å². The second-order valence-electron chi connectivity index (χ2n) is 19.0. The number of carbonyl (C=O) groups is 2. The van der Waals surface area contributed by atoms with E-state index < -0.39 is 6.10 Å². The van der Waals surface area contributed by atoms with Crippen molar-refractivity contribution in [3.63, 3.8) is 0 Å². The summed E-state index contributed by atoms with van der Waals surface area (Å²) < 4.78 is 10.7. The maximum absolute atomic E-state index is 12.3. The first-order chi connectivity index (χ1) is 30.6. The quantitative estimate of drug-likeness (QED) is 0.0374. The molecule has 0 spiro atoms. The van der Waals surface area contributed by atoms with Crippen LogP contribution in [0.1, 0.15) is 309 Å². The lowest BCUT2D eigenvalue weighted by Gasteiger charge is -2.15. The normalized spacial score (nSPS) is 12.2. The Morgan fingerprint density at radius 3 is 0.871 bits per heavy atom. The molecule has 0 bridgehead atoms. The minimum atomic E-state index is -0.771. The summed E-state index contributed by atoms with van der Waals surface area (Å²) in [7, 11) is 0. The van der Waals surface area contributed by atoms with Gasteiger partial charge in [0, 0.05) is 12.8 Å². The van der Waals surface area contributed by atoms with Crippen LogP contribution in [0.3, 0.4) is 0 Å². The summed E-state index contributed by atoms with van der Waals surface area (Å²) in [5.41, 5.74) is 0. The minimum absolute atomic E-state index is 0.0649. The number of allylic oxidation sites excluding steroid dienone is 4. The number of ether oxygens (including phenoxy) is 2. The Bertz CT molecular complexity index is 943. The highest BCUT2D eigenvalue weighted by Crippen LogP contribution is 2.17. The van der Waals surface area contributed by atoms with Gasteiger partial charge in [0.25, 0.3) is 0 Å². The van der Waals surface area contributed by atoms with Crippen molar-refractivity contribution >= 4 is 11.9 Å². The van der Waals surface area contributed by atoms with E-state index in [1.807, 2.05) is 0 Å². The zero-order chi connectivity index (χ0) is 44.9. The van der Waals surface area contributed by atoms with Crippen LogP contribution < -0.4 is 0 Å². The van der Waals surface area contributed by atoms with Crippen molar-refractivity contribution in [2.75, 3.05) is 13.2 Å². The van der Waals surface area contributed by atoms with Crippen LogP contribution in [-0.4, -0.2) is 36.4 Å². The Kier molecular flexibility index (Phi) is 52.3. The lowest BCUT2D eigenvalue weighted by Crippen LogP contribution is -2.28. The Morgan fingerprint density at radius 1 is 0.355 bits per heavy atom. The van der Waals surface area contributed by atoms with Gasteiger partial charge in [-0.3, -0.25) is 9.59 Å². The molecule has 1 unspecified atom stereocenters. The van der Waals surface area contributed by atoms with E-state index in [0.717, 1.165) is 44.9 Å². The van der Waals surface area contributed by atoms with Crippen LogP contribution in [0, 0.1) is 0 Å². The Hall–Kier alpha value is -1.62. The van der Waals surface area contributed by atoms with Gasteiger partial charge in [0.1, 0.15) is 6.61 Å². The molecule has 0 aliphatic heterocycles. The van der Waals surface area contributed by atoms with Gasteiger partial charge < -0.3 is 14.6 Å². The lowest BCUT2D eigenvalue weighted by atomic mass is 10.0. The van der Waals surface area contributed by atoms with Crippen molar-refractivity contribution in [1.29, 1.82) is 0 Å². The van der Waals surface area contributed by atoms with E-state index in [1.54, 1.807) is 0 Å². The summed E-state index contributed by atoms with van der Waals surface area (Å²) in [6.07, 6.45) is 67.4. The van der Waals surface area contributed by atoms with Crippen LogP contribution in [-0.2, 0) is 19.1 Å². The van der Waals surface area contributed by atoms with Crippen molar-refractivity contribution in [2.45, 2.75) is 315 Å². The monoisotopic (exact) mass is 873 g/mol. The summed E-state index contributed by atoms with van der Waals surface area (Å²) in [5, 5.41) is 9.62. The highest BCUT2D eigenvalue weighted by molar-refractivity contribution is 5.70. The smallest absolute Gasteiger partial charge is 0.306 e. The Labute approximate surface area is 387 Å². The second-order valence-corrected chi connectivity index (χ2v) is 19.0. The largest absolute Gasteiger partial charge is 0.462 e. The molecule has 0 saturated heterocycles. The molecule has 0 saturated carbocycles. The summed E-state index contributed by atoms with van der Waals surface area (Å²) in [6.45, 7) is 4.16. The lowest BCUT2D eigenvalue weighted by molar-refractivity contribution is -0.161. The van der Waals surface area contributed by atoms with E-state index in [4.69, 9.17) is 9.47 Å². The fraction of sp³-hybridized carbons (Fsp3) is 0.895. The van der Waals surface area contributed by atoms with Crippen molar-refractivity contribution < 1.29 is 24.2 Å². The van der Waals surface area contributed by atoms with Gasteiger partial charge in [0.2, 0.25) is 0 Å². The van der Waals surface area contributed by atoms with Crippen molar-refractivity contribution in [1.82, 2.24) is 0 Å². The maximum Gasteiger partial charge on any atom is 0.306 e. The third-order valence-corrected chi connectivity index (χ3v) is 12.7. The van der Waals surface area contributed by atoms with Crippen molar-refractivity contribution in [3.05, 3.63) is 24.3 Å². The number of hydrogen-bond acceptors (Lipinski definition) is 5. The fourth-order valence-electron chi connectivity index (χ4n) is 8.49. The number of rotatable bonds is 52. The molecule has 0 radical (unpaired) electrons. The molecule has 1 N–H and O–H groups in total. The molecule has 0 aromatic rings. The molecule has 1 atom stereocenters. The first-order valence-corrected chi connectivity index (χ1v) is 27.9. The number of esters is 2. The van der Waals surface area contributed by atoms with Crippen molar-refractivity contribution in [2.24, 2.45) is 0 Å². The Morgan fingerprint density at radius 2 is 0.597 bits per heavy atom. The highest BCUT2D eigenvalue weighted by atomic mass is 16.6. The Balaban J connectivity index is 3.39. The molecule has 5 heteroatoms. The van der Waals surface area contributed by atoms with Crippen LogP contribution in [0.4, 0.5) is 0 Å². The standard InChI is InChI=1S/C57H108O5/c1-3-5-7-9-11-13-15-17-19-20-21-22-23-24-25-26-27-28-29-30-31-32-33-34-35-36-38-40-42-44-46-48-50-52-57(60)62-55(53-58)54-61-56(59)51-49-47-45-43-41-39-37-18-16-14-12-10-8-6-4-2/h18,20-21,37,55,58H,3-17,19,22-36,38-54H2,1-2H3/b21-20-,37-18-. The molecular formula is C57H108O5. The van der Waals surface area contributed by atoms with E-state index in [0.29, 0.717) is 12.8 Å². The maximum atomic E-state index is 12.3. The molecule has 0 rings (SSSR count). The van der Waals surface area contributed by atoms with Gasteiger partial charge in [-0.25, -0.2) is 0 Å². The third-order valence-electron chi connectivity index (χ3n) is 12.7. The van der Waals surface area contributed by atoms with Gasteiger partial charge in [-0.15, -0.1) is 0 Å². The topological polar surface area (TPSA) is 72.8 Å². The molecule has 0 aromatic heterocycles. The van der Waals surface area contributed by atoms with Crippen LogP contribution in [0.15, 0.2) is 24.3 Å². The number of aliphatic hydroxyl groups is 1. The molecule has 5 nitrogen and oxygen atoms in total. The average molecular weight is 873 g/mol. The van der Waals surface area contributed by atoms with E-state index >= 15 is 0 Å². The molecule has 0 aliphatic rings. The van der Waals surface area contributed by atoms with E-state index in [-0.39, 0.29) is 25.2 Å². The predicted molar refractivity (Wildman–Crippen MR) is 270 cm³/mol. The second kappa shape index (κ2) is 53.7. The molecule has 62 heavy (non-hydrogen) atoms. The molecule has 366 valence electrons. The van der Waals surface area contributed by atoms with Gasteiger partial charge in [0.15, 0.2) is 6.10 Å². The first kappa shape index (κ1) is 60.4. The molecule has 0 heterocycles. The number of carbonyl (C=O) groups excluding carboxylic acids is 2. The fourth-order valence-corrected chi connectivity index (χ4v) is 8.49. The van der Waals surface area contributed by atoms with Gasteiger partial charge in [-0.05, 0) is 64.2 Å². The summed E-state index contributed by atoms with van der Waals surface area (Å²) in [4.78, 5) is 24.4. The van der Waals surface area contributed by atoms with E-state index in [9.17, 15) is 14.7 Å². The number of unbranched alkanes of at least 4 members (excludes halogenated alkanes) is 40. The van der Waals surface area contributed by atoms with E-state index in [1.165, 1.54) is 238 Å². The third kappa shape index (κ3) is 51.0. The summed E-state index contributed by atoms with van der Waals surface area (Å²) in [5.74, 6) is -0.584. The first-order valence-electron chi connectivity index (χ1n) is 27.9. The van der Waals surface area contributed by atoms with Gasteiger partial charge in [-0.1, -0.05) is 256 Å². The van der Waals surface area contributed by atoms with E-state index in [2.05, 4.69) is 38.2 Å². The number of hydrogen-bond donors (Lipinski definition) is 1. The minimum Gasteiger partial charge on any atom is -0.462 e. The highest BCUT2D eigenvalue weighted by Gasteiger charge is 2.16. The summed E-state index contributed by atoms with van der Waals surface area (Å²) in [6, 6.07) is 0. The van der Waals surface area contributed by atoms with Crippen LogP contribution in [0.5, 0.6) is 0 Å².